The zero-order chi connectivity index (χ0) is 12.8. The monoisotopic (exact) mass is 255 g/mol. The molecule has 1 aromatic carbocycles. The minimum Gasteiger partial charge on any atom is -0.492 e. The maximum absolute atomic E-state index is 6.17. The highest BCUT2D eigenvalue weighted by Crippen LogP contribution is 2.26. The zero-order valence-electron chi connectivity index (χ0n) is 10.9. The minimum atomic E-state index is 0.151. The van der Waals surface area contributed by atoms with Gasteiger partial charge in [0, 0.05) is 6.04 Å². The summed E-state index contributed by atoms with van der Waals surface area (Å²) in [6.45, 7) is 7.02. The molecular weight excluding hydrogens is 234 g/mol. The van der Waals surface area contributed by atoms with Crippen LogP contribution in [0.1, 0.15) is 32.8 Å². The molecule has 2 unspecified atom stereocenters. The van der Waals surface area contributed by atoms with Crippen LogP contribution in [0.3, 0.4) is 0 Å². The normalized spacial score (nSPS) is 14.4. The Hall–Kier alpha value is -0.730. The second kappa shape index (κ2) is 6.87. The first kappa shape index (κ1) is 14.3. The van der Waals surface area contributed by atoms with Crippen molar-refractivity contribution in [3.8, 4) is 5.75 Å². The van der Waals surface area contributed by atoms with E-state index in [1.807, 2.05) is 25.1 Å². The van der Waals surface area contributed by atoms with Crippen LogP contribution in [0.4, 0.5) is 0 Å². The SMILES string of the molecule is CCC(C)COc1ccc(CC(C)N)cc1Cl. The predicted molar refractivity (Wildman–Crippen MR) is 73.8 cm³/mol. The van der Waals surface area contributed by atoms with Gasteiger partial charge in [-0.05, 0) is 37.0 Å². The topological polar surface area (TPSA) is 35.2 Å². The van der Waals surface area contributed by atoms with Crippen LogP contribution in [-0.4, -0.2) is 12.6 Å². The number of benzene rings is 1. The molecule has 0 aliphatic carbocycles. The van der Waals surface area contributed by atoms with Crippen molar-refractivity contribution < 1.29 is 4.74 Å². The molecule has 2 N–H and O–H groups in total. The van der Waals surface area contributed by atoms with Crippen molar-refractivity contribution in [3.63, 3.8) is 0 Å². The first-order chi connectivity index (χ1) is 8.02. The molecule has 0 aromatic heterocycles. The third-order valence-corrected chi connectivity index (χ3v) is 3.07. The fourth-order valence-corrected chi connectivity index (χ4v) is 1.77. The molecule has 0 bridgehead atoms. The van der Waals surface area contributed by atoms with Gasteiger partial charge in [0.25, 0.3) is 0 Å². The Morgan fingerprint density at radius 2 is 2.06 bits per heavy atom. The third-order valence-electron chi connectivity index (χ3n) is 2.77. The summed E-state index contributed by atoms with van der Waals surface area (Å²) >= 11 is 6.17. The Bertz CT molecular complexity index is 352. The molecule has 96 valence electrons. The molecule has 0 saturated carbocycles. The largest absolute Gasteiger partial charge is 0.492 e. The second-order valence-electron chi connectivity index (χ2n) is 4.77. The highest BCUT2D eigenvalue weighted by Gasteiger charge is 2.06. The third kappa shape index (κ3) is 4.97. The van der Waals surface area contributed by atoms with Gasteiger partial charge in [-0.3, -0.25) is 0 Å². The molecule has 2 nitrogen and oxygen atoms in total. The van der Waals surface area contributed by atoms with Crippen molar-refractivity contribution in [2.75, 3.05) is 6.61 Å². The quantitative estimate of drug-likeness (QED) is 0.842. The summed E-state index contributed by atoms with van der Waals surface area (Å²) in [7, 11) is 0. The Labute approximate surface area is 109 Å². The number of rotatable bonds is 6. The van der Waals surface area contributed by atoms with Gasteiger partial charge in [0.2, 0.25) is 0 Å². The van der Waals surface area contributed by atoms with E-state index < -0.39 is 0 Å². The van der Waals surface area contributed by atoms with Gasteiger partial charge in [-0.25, -0.2) is 0 Å². The number of nitrogens with two attached hydrogens (primary N) is 1. The Morgan fingerprint density at radius 1 is 1.35 bits per heavy atom. The summed E-state index contributed by atoms with van der Waals surface area (Å²) in [6.07, 6.45) is 1.95. The molecule has 0 saturated heterocycles. The van der Waals surface area contributed by atoms with Crippen LogP contribution in [0.25, 0.3) is 0 Å². The number of hydrogen-bond donors (Lipinski definition) is 1. The van der Waals surface area contributed by atoms with Crippen LogP contribution < -0.4 is 10.5 Å². The predicted octanol–water partition coefficient (Wildman–Crippen LogP) is 3.65. The van der Waals surface area contributed by atoms with Crippen molar-refractivity contribution in [1.29, 1.82) is 0 Å². The molecule has 0 fully saturated rings. The first-order valence-corrected chi connectivity index (χ1v) is 6.57. The maximum atomic E-state index is 6.17. The lowest BCUT2D eigenvalue weighted by Crippen LogP contribution is -2.17. The van der Waals surface area contributed by atoms with Gasteiger partial charge in [-0.15, -0.1) is 0 Å². The van der Waals surface area contributed by atoms with E-state index in [1.165, 1.54) is 0 Å². The second-order valence-corrected chi connectivity index (χ2v) is 5.18. The molecule has 0 spiro atoms. The van der Waals surface area contributed by atoms with Gasteiger partial charge in [0.15, 0.2) is 0 Å². The summed E-state index contributed by atoms with van der Waals surface area (Å²) in [6, 6.07) is 6.05. The summed E-state index contributed by atoms with van der Waals surface area (Å²) in [5.41, 5.74) is 6.91. The van der Waals surface area contributed by atoms with Crippen LogP contribution >= 0.6 is 11.6 Å². The number of halogens is 1. The molecule has 17 heavy (non-hydrogen) atoms. The average molecular weight is 256 g/mol. The van der Waals surface area contributed by atoms with Crippen molar-refractivity contribution in [2.45, 2.75) is 39.7 Å². The molecule has 1 rings (SSSR count). The van der Waals surface area contributed by atoms with Crippen molar-refractivity contribution in [2.24, 2.45) is 11.7 Å². The molecule has 1 aromatic rings. The van der Waals surface area contributed by atoms with Gasteiger partial charge in [-0.2, -0.15) is 0 Å². The van der Waals surface area contributed by atoms with E-state index in [9.17, 15) is 0 Å². The van der Waals surface area contributed by atoms with Gasteiger partial charge in [-0.1, -0.05) is 37.9 Å². The number of hydrogen-bond acceptors (Lipinski definition) is 2. The van der Waals surface area contributed by atoms with Crippen LogP contribution in [0, 0.1) is 5.92 Å². The molecule has 0 heterocycles. The molecule has 0 radical (unpaired) electrons. The fraction of sp³-hybridized carbons (Fsp3) is 0.571. The maximum Gasteiger partial charge on any atom is 0.137 e. The highest BCUT2D eigenvalue weighted by atomic mass is 35.5. The summed E-state index contributed by atoms with van der Waals surface area (Å²) in [5.74, 6) is 1.31. The summed E-state index contributed by atoms with van der Waals surface area (Å²) in [4.78, 5) is 0. The van der Waals surface area contributed by atoms with E-state index in [2.05, 4.69) is 13.8 Å². The molecule has 0 aliphatic rings. The summed E-state index contributed by atoms with van der Waals surface area (Å²) < 4.78 is 5.69. The minimum absolute atomic E-state index is 0.151. The Kier molecular flexibility index (Phi) is 5.79. The van der Waals surface area contributed by atoms with E-state index in [4.69, 9.17) is 22.1 Å². The van der Waals surface area contributed by atoms with E-state index in [0.717, 1.165) is 24.2 Å². The standard InChI is InChI=1S/C14H22ClNO/c1-4-10(2)9-17-14-6-5-12(7-11(3)16)8-13(14)15/h5-6,8,10-11H,4,7,9,16H2,1-3H3. The van der Waals surface area contributed by atoms with Gasteiger partial charge in [0.05, 0.1) is 11.6 Å². The van der Waals surface area contributed by atoms with Crippen LogP contribution in [-0.2, 0) is 6.42 Å². The van der Waals surface area contributed by atoms with Crippen molar-refractivity contribution in [3.05, 3.63) is 28.8 Å². The van der Waals surface area contributed by atoms with E-state index in [1.54, 1.807) is 0 Å². The van der Waals surface area contributed by atoms with Crippen LogP contribution in [0.5, 0.6) is 5.75 Å². The van der Waals surface area contributed by atoms with Crippen molar-refractivity contribution in [1.82, 2.24) is 0 Å². The molecule has 3 heteroatoms. The van der Waals surface area contributed by atoms with E-state index in [-0.39, 0.29) is 6.04 Å². The molecule has 0 aliphatic heterocycles. The number of ether oxygens (including phenoxy) is 1. The van der Waals surface area contributed by atoms with Gasteiger partial charge in [0.1, 0.15) is 5.75 Å². The molecular formula is C14H22ClNO. The molecule has 0 amide bonds. The average Bonchev–Trinajstić information content (AvgIpc) is 2.26. The fourth-order valence-electron chi connectivity index (χ4n) is 1.51. The van der Waals surface area contributed by atoms with E-state index >= 15 is 0 Å². The molecule has 2 atom stereocenters. The summed E-state index contributed by atoms with van der Waals surface area (Å²) in [5, 5.41) is 0.673. The smallest absolute Gasteiger partial charge is 0.137 e. The van der Waals surface area contributed by atoms with E-state index in [0.29, 0.717) is 17.5 Å². The lowest BCUT2D eigenvalue weighted by Gasteiger charge is -2.13. The first-order valence-electron chi connectivity index (χ1n) is 6.19. The lowest BCUT2D eigenvalue weighted by atomic mass is 10.1. The lowest BCUT2D eigenvalue weighted by molar-refractivity contribution is 0.256. The van der Waals surface area contributed by atoms with Gasteiger partial charge >= 0.3 is 0 Å². The Balaban J connectivity index is 2.63. The zero-order valence-corrected chi connectivity index (χ0v) is 11.6. The van der Waals surface area contributed by atoms with Gasteiger partial charge < -0.3 is 10.5 Å². The van der Waals surface area contributed by atoms with Crippen molar-refractivity contribution >= 4 is 11.6 Å². The van der Waals surface area contributed by atoms with Crippen LogP contribution in [0.2, 0.25) is 5.02 Å². The van der Waals surface area contributed by atoms with Crippen LogP contribution in [0.15, 0.2) is 18.2 Å². The Morgan fingerprint density at radius 3 is 2.59 bits per heavy atom. The highest BCUT2D eigenvalue weighted by molar-refractivity contribution is 6.32.